The summed E-state index contributed by atoms with van der Waals surface area (Å²) in [6.07, 6.45) is 1.62. The molecule has 9 heteroatoms. The van der Waals surface area contributed by atoms with E-state index in [-0.39, 0.29) is 4.91 Å². The van der Waals surface area contributed by atoms with Crippen LogP contribution in [0.3, 0.4) is 0 Å². The summed E-state index contributed by atoms with van der Waals surface area (Å²) in [7, 11) is 0. The number of allylic oxidation sites excluding steroid dienone is 4. The fourth-order valence-corrected chi connectivity index (χ4v) is 7.11. The van der Waals surface area contributed by atoms with E-state index in [4.69, 9.17) is 0 Å². The fourth-order valence-electron chi connectivity index (χ4n) is 4.30. The van der Waals surface area contributed by atoms with Gasteiger partial charge in [0.05, 0.1) is 16.0 Å². The minimum Gasteiger partial charge on any atom is -0.244 e. The molecule has 0 spiro atoms. The zero-order valence-corrected chi connectivity index (χ0v) is 16.7. The molecule has 2 unspecified atom stereocenters. The second-order valence-electron chi connectivity index (χ2n) is 7.69. The SMILES string of the molecule is CC12C=CSC1=C1C(=C3N=C(c4ccccc4)SC32C)C(F)(F)C(F)(F)C1(F)F. The molecule has 0 radical (unpaired) electrons. The molecule has 4 aliphatic rings. The highest BCUT2D eigenvalue weighted by Gasteiger charge is 2.84. The Morgan fingerprint density at radius 2 is 1.48 bits per heavy atom. The van der Waals surface area contributed by atoms with Crippen molar-refractivity contribution < 1.29 is 26.3 Å². The Bertz CT molecular complexity index is 1070. The van der Waals surface area contributed by atoms with Crippen molar-refractivity contribution in [2.45, 2.75) is 36.4 Å². The van der Waals surface area contributed by atoms with E-state index in [0.29, 0.717) is 10.6 Å². The highest BCUT2D eigenvalue weighted by molar-refractivity contribution is 8.16. The molecule has 1 nitrogen and oxygen atoms in total. The predicted molar refractivity (Wildman–Crippen MR) is 103 cm³/mol. The Balaban J connectivity index is 1.88. The van der Waals surface area contributed by atoms with Gasteiger partial charge in [-0.3, -0.25) is 0 Å². The number of hydrogen-bond acceptors (Lipinski definition) is 3. The quantitative estimate of drug-likeness (QED) is 0.449. The van der Waals surface area contributed by atoms with E-state index < -0.39 is 44.8 Å². The first-order valence-electron chi connectivity index (χ1n) is 8.71. The summed E-state index contributed by atoms with van der Waals surface area (Å²) >= 11 is 1.95. The lowest BCUT2D eigenvalue weighted by atomic mass is 9.69. The highest BCUT2D eigenvalue weighted by Crippen LogP contribution is 2.74. The molecule has 0 aromatic heterocycles. The maximum Gasteiger partial charge on any atom is 0.380 e. The van der Waals surface area contributed by atoms with Crippen LogP contribution in [0.2, 0.25) is 0 Å². The molecule has 1 fully saturated rings. The molecule has 0 saturated heterocycles. The molecule has 152 valence electrons. The molecule has 1 aromatic carbocycles. The molecule has 0 amide bonds. The summed E-state index contributed by atoms with van der Waals surface area (Å²) < 4.78 is 86.6. The van der Waals surface area contributed by atoms with Crippen molar-refractivity contribution in [1.29, 1.82) is 0 Å². The summed E-state index contributed by atoms with van der Waals surface area (Å²) in [4.78, 5) is 4.11. The van der Waals surface area contributed by atoms with Gasteiger partial charge in [0.25, 0.3) is 0 Å². The van der Waals surface area contributed by atoms with Gasteiger partial charge in [0.2, 0.25) is 0 Å². The number of benzene rings is 1. The second-order valence-corrected chi connectivity index (χ2v) is 10.0. The summed E-state index contributed by atoms with van der Waals surface area (Å²) in [6, 6.07) is 8.65. The number of alkyl halides is 6. The number of halogens is 6. The number of fused-ring (bicyclic) bond motifs is 4. The number of thioether (sulfide) groups is 2. The third kappa shape index (κ3) is 1.96. The number of aliphatic imine (C=N–C) groups is 1. The van der Waals surface area contributed by atoms with Gasteiger partial charge in [-0.2, -0.15) is 26.3 Å². The number of rotatable bonds is 1. The van der Waals surface area contributed by atoms with E-state index in [1.54, 1.807) is 50.3 Å². The fraction of sp³-hybridized carbons (Fsp3) is 0.350. The Morgan fingerprint density at radius 1 is 0.862 bits per heavy atom. The van der Waals surface area contributed by atoms with Gasteiger partial charge in [-0.15, -0.1) is 11.8 Å². The van der Waals surface area contributed by atoms with Crippen molar-refractivity contribution in [3.05, 3.63) is 69.1 Å². The molecule has 29 heavy (non-hydrogen) atoms. The monoisotopic (exact) mass is 445 g/mol. The second kappa shape index (κ2) is 5.35. The van der Waals surface area contributed by atoms with Crippen LogP contribution in [-0.4, -0.2) is 27.6 Å². The summed E-state index contributed by atoms with van der Waals surface area (Å²) in [6.45, 7) is 3.22. The number of nitrogens with zero attached hydrogens (tertiary/aromatic N) is 1. The highest BCUT2D eigenvalue weighted by atomic mass is 32.2. The average molecular weight is 445 g/mol. The van der Waals surface area contributed by atoms with Crippen LogP contribution in [0.25, 0.3) is 0 Å². The maximum atomic E-state index is 14.8. The van der Waals surface area contributed by atoms with E-state index in [0.717, 1.165) is 23.5 Å². The zero-order chi connectivity index (χ0) is 21.0. The predicted octanol–water partition coefficient (Wildman–Crippen LogP) is 6.65. The third-order valence-corrected chi connectivity index (χ3v) is 8.85. The van der Waals surface area contributed by atoms with E-state index in [1.165, 1.54) is 5.41 Å². The van der Waals surface area contributed by atoms with E-state index in [9.17, 15) is 26.3 Å². The van der Waals surface area contributed by atoms with E-state index in [1.807, 2.05) is 0 Å². The average Bonchev–Trinajstić information content (AvgIpc) is 3.24. The van der Waals surface area contributed by atoms with Crippen molar-refractivity contribution >= 4 is 28.6 Å². The molecule has 5 rings (SSSR count). The third-order valence-electron chi connectivity index (χ3n) is 6.17. The van der Waals surface area contributed by atoms with Crippen LogP contribution in [0.4, 0.5) is 26.3 Å². The molecule has 2 aliphatic heterocycles. The molecular formula is C20H13F6NS2. The number of hydrogen-bond donors (Lipinski definition) is 0. The van der Waals surface area contributed by atoms with Crippen molar-refractivity contribution in [3.63, 3.8) is 0 Å². The minimum atomic E-state index is -5.53. The van der Waals surface area contributed by atoms with Gasteiger partial charge in [0.15, 0.2) is 0 Å². The Kier molecular flexibility index (Phi) is 3.57. The summed E-state index contributed by atoms with van der Waals surface area (Å²) in [5.41, 5.74) is -3.54. The van der Waals surface area contributed by atoms with Crippen molar-refractivity contribution in [1.82, 2.24) is 0 Å². The maximum absolute atomic E-state index is 14.8. The van der Waals surface area contributed by atoms with Gasteiger partial charge in [-0.1, -0.05) is 48.2 Å². The first kappa shape index (κ1) is 19.4. The van der Waals surface area contributed by atoms with E-state index >= 15 is 0 Å². The lowest BCUT2D eigenvalue weighted by molar-refractivity contribution is -0.258. The van der Waals surface area contributed by atoms with Gasteiger partial charge in [0, 0.05) is 21.5 Å². The van der Waals surface area contributed by atoms with Gasteiger partial charge >= 0.3 is 17.8 Å². The van der Waals surface area contributed by atoms with Crippen LogP contribution in [0.5, 0.6) is 0 Å². The van der Waals surface area contributed by atoms with Gasteiger partial charge < -0.3 is 0 Å². The molecule has 0 N–H and O–H groups in total. The molecular weight excluding hydrogens is 432 g/mol. The van der Waals surface area contributed by atoms with Crippen LogP contribution >= 0.6 is 23.5 Å². The Labute approximate surface area is 171 Å². The smallest absolute Gasteiger partial charge is 0.244 e. The first-order chi connectivity index (χ1) is 13.4. The van der Waals surface area contributed by atoms with Crippen LogP contribution < -0.4 is 0 Å². The molecule has 2 atom stereocenters. The van der Waals surface area contributed by atoms with Crippen molar-refractivity contribution in [2.75, 3.05) is 0 Å². The Morgan fingerprint density at radius 3 is 2.14 bits per heavy atom. The van der Waals surface area contributed by atoms with Crippen LogP contribution in [0.1, 0.15) is 19.4 Å². The normalized spacial score (nSPS) is 35.5. The van der Waals surface area contributed by atoms with Crippen LogP contribution in [0, 0.1) is 5.41 Å². The van der Waals surface area contributed by atoms with Gasteiger partial charge in [0.1, 0.15) is 5.04 Å². The molecule has 2 aliphatic carbocycles. The van der Waals surface area contributed by atoms with Gasteiger partial charge in [-0.05, 0) is 19.3 Å². The molecule has 2 heterocycles. The lowest BCUT2D eigenvalue weighted by Crippen LogP contribution is -2.47. The van der Waals surface area contributed by atoms with Crippen molar-refractivity contribution in [3.8, 4) is 0 Å². The van der Waals surface area contributed by atoms with Crippen molar-refractivity contribution in [2.24, 2.45) is 10.4 Å². The molecule has 1 saturated carbocycles. The largest absolute Gasteiger partial charge is 0.380 e. The Hall–Kier alpha value is -1.61. The topological polar surface area (TPSA) is 12.4 Å². The first-order valence-corrected chi connectivity index (χ1v) is 10.4. The van der Waals surface area contributed by atoms with Crippen LogP contribution in [-0.2, 0) is 0 Å². The summed E-state index contributed by atoms with van der Waals surface area (Å²) in [5.74, 6) is -15.6. The van der Waals surface area contributed by atoms with E-state index in [2.05, 4.69) is 4.99 Å². The molecule has 0 bridgehead atoms. The van der Waals surface area contributed by atoms with Gasteiger partial charge in [-0.25, -0.2) is 4.99 Å². The standard InChI is InChI=1S/C20H13F6NS2/c1-16-8-9-28-14(16)12-11(18(21,22)20(25,26)19(12,23)24)13-17(16,2)29-15(27-13)10-6-4-3-5-7-10/h3-9H,1-2H3. The minimum absolute atomic E-state index is 0.155. The summed E-state index contributed by atoms with van der Waals surface area (Å²) in [5, 5.41) is 1.84. The van der Waals surface area contributed by atoms with Crippen LogP contribution in [0.15, 0.2) is 68.6 Å². The lowest BCUT2D eigenvalue weighted by Gasteiger charge is -2.45. The zero-order valence-electron chi connectivity index (χ0n) is 15.1. The molecule has 1 aromatic rings.